The fraction of sp³-hybridized carbons (Fsp3) is 0.167. The number of ether oxygens (including phenoxy) is 1. The molecule has 0 saturated carbocycles. The van der Waals surface area contributed by atoms with Gasteiger partial charge in [-0.1, -0.05) is 6.58 Å². The number of carbonyl (C=O) groups is 1. The lowest BCUT2D eigenvalue weighted by molar-refractivity contribution is -0.133. The highest BCUT2D eigenvalue weighted by atomic mass is 16.5. The van der Waals surface area contributed by atoms with Gasteiger partial charge in [-0.15, -0.1) is 0 Å². The van der Waals surface area contributed by atoms with Gasteiger partial charge in [0.05, 0.1) is 0 Å². The van der Waals surface area contributed by atoms with Crippen LogP contribution >= 0.6 is 0 Å². The predicted molar refractivity (Wildman–Crippen MR) is 31.2 cm³/mol. The highest BCUT2D eigenvalue weighted by Gasteiger charge is 1.95. The maximum absolute atomic E-state index is 10.2. The van der Waals surface area contributed by atoms with E-state index in [1.54, 1.807) is 0 Å². The number of allylic oxidation sites excluding steroid dienone is 1. The standard InChI is InChI=1S/C6H6O3/c1-3-6(8)9-5(2)4-7/h3H,1H2,2H3. The van der Waals surface area contributed by atoms with Crippen molar-refractivity contribution in [1.29, 1.82) is 0 Å². The summed E-state index contributed by atoms with van der Waals surface area (Å²) in [7, 11) is 0. The SMILES string of the molecule is C=CC(=O)OC(C)=C=O. The number of esters is 1. The average molecular weight is 126 g/mol. The second kappa shape index (κ2) is 3.64. The lowest BCUT2D eigenvalue weighted by atomic mass is 10.6. The molecule has 0 aromatic rings. The molecule has 9 heavy (non-hydrogen) atoms. The number of hydrogen-bond donors (Lipinski definition) is 0. The molecule has 3 nitrogen and oxygen atoms in total. The molecule has 0 radical (unpaired) electrons. The number of carbonyl (C=O) groups excluding carboxylic acids is 2. The van der Waals surface area contributed by atoms with Gasteiger partial charge in [-0.05, 0) is 0 Å². The summed E-state index contributed by atoms with van der Waals surface area (Å²) < 4.78 is 4.28. The van der Waals surface area contributed by atoms with Crippen LogP contribution in [0.1, 0.15) is 6.92 Å². The Morgan fingerprint density at radius 3 is 2.67 bits per heavy atom. The Kier molecular flexibility index (Phi) is 3.09. The van der Waals surface area contributed by atoms with Gasteiger partial charge in [-0.3, -0.25) is 0 Å². The Morgan fingerprint density at radius 1 is 1.78 bits per heavy atom. The largest absolute Gasteiger partial charge is 0.416 e. The minimum Gasteiger partial charge on any atom is -0.416 e. The van der Waals surface area contributed by atoms with E-state index >= 15 is 0 Å². The lowest BCUT2D eigenvalue weighted by Crippen LogP contribution is -1.97. The first-order valence-corrected chi connectivity index (χ1v) is 2.26. The molecule has 0 spiro atoms. The molecule has 0 saturated heterocycles. The zero-order valence-corrected chi connectivity index (χ0v) is 5.01. The van der Waals surface area contributed by atoms with Gasteiger partial charge in [0.15, 0.2) is 11.7 Å². The first-order valence-electron chi connectivity index (χ1n) is 2.26. The quantitative estimate of drug-likeness (QED) is 0.233. The van der Waals surface area contributed by atoms with Gasteiger partial charge >= 0.3 is 5.97 Å². The van der Waals surface area contributed by atoms with Crippen molar-refractivity contribution in [3.63, 3.8) is 0 Å². The Hall–Kier alpha value is -1.34. The first-order chi connectivity index (χ1) is 4.20. The van der Waals surface area contributed by atoms with Crippen LogP contribution in [0.4, 0.5) is 0 Å². The molecular formula is C6H6O3. The van der Waals surface area contributed by atoms with Crippen LogP contribution in [-0.2, 0) is 14.3 Å². The van der Waals surface area contributed by atoms with E-state index in [4.69, 9.17) is 0 Å². The molecule has 3 heteroatoms. The zero-order chi connectivity index (χ0) is 7.28. The zero-order valence-electron chi connectivity index (χ0n) is 5.01. The second-order valence-corrected chi connectivity index (χ2v) is 1.28. The minimum absolute atomic E-state index is 0.0834. The van der Waals surface area contributed by atoms with Gasteiger partial charge in [0.1, 0.15) is 0 Å². The number of rotatable bonds is 2. The van der Waals surface area contributed by atoms with Crippen molar-refractivity contribution >= 4 is 11.9 Å². The Balaban J connectivity index is 3.88. The summed E-state index contributed by atoms with van der Waals surface area (Å²) in [5, 5.41) is 0. The van der Waals surface area contributed by atoms with Gasteiger partial charge in [0, 0.05) is 13.0 Å². The molecule has 0 aliphatic heterocycles. The van der Waals surface area contributed by atoms with E-state index in [-0.39, 0.29) is 5.76 Å². The summed E-state index contributed by atoms with van der Waals surface area (Å²) in [6, 6.07) is 0. The summed E-state index contributed by atoms with van der Waals surface area (Å²) in [4.78, 5) is 19.9. The van der Waals surface area contributed by atoms with Crippen LogP contribution in [0.2, 0.25) is 0 Å². The third kappa shape index (κ3) is 3.26. The highest BCUT2D eigenvalue weighted by Crippen LogP contribution is 1.88. The minimum atomic E-state index is -0.643. The monoisotopic (exact) mass is 126 g/mol. The summed E-state index contributed by atoms with van der Waals surface area (Å²) >= 11 is 0. The van der Waals surface area contributed by atoms with Crippen LogP contribution in [0.5, 0.6) is 0 Å². The lowest BCUT2D eigenvalue weighted by Gasteiger charge is -1.92. The number of hydrogen-bond acceptors (Lipinski definition) is 3. The maximum Gasteiger partial charge on any atom is 0.335 e. The van der Waals surface area contributed by atoms with Crippen molar-refractivity contribution in [3.8, 4) is 0 Å². The van der Waals surface area contributed by atoms with Crippen LogP contribution in [0, 0.1) is 0 Å². The molecule has 0 aliphatic rings. The molecule has 0 rings (SSSR count). The molecule has 0 atom stereocenters. The Bertz CT molecular complexity index is 175. The van der Waals surface area contributed by atoms with Crippen LogP contribution in [0.15, 0.2) is 18.4 Å². The van der Waals surface area contributed by atoms with E-state index in [0.29, 0.717) is 0 Å². The molecule has 0 amide bonds. The van der Waals surface area contributed by atoms with Crippen molar-refractivity contribution in [2.24, 2.45) is 0 Å². The van der Waals surface area contributed by atoms with E-state index < -0.39 is 5.97 Å². The topological polar surface area (TPSA) is 43.4 Å². The van der Waals surface area contributed by atoms with E-state index in [2.05, 4.69) is 11.3 Å². The van der Waals surface area contributed by atoms with Gasteiger partial charge in [0.2, 0.25) is 0 Å². The molecule has 0 fully saturated rings. The van der Waals surface area contributed by atoms with E-state index in [1.165, 1.54) is 12.9 Å². The molecule has 0 N–H and O–H groups in total. The predicted octanol–water partition coefficient (Wildman–Crippen LogP) is 0.451. The van der Waals surface area contributed by atoms with Crippen molar-refractivity contribution in [2.45, 2.75) is 6.92 Å². The van der Waals surface area contributed by atoms with Gasteiger partial charge < -0.3 is 4.74 Å². The summed E-state index contributed by atoms with van der Waals surface area (Å²) in [6.07, 6.45) is 0.973. The van der Waals surface area contributed by atoms with Crippen molar-refractivity contribution in [2.75, 3.05) is 0 Å². The molecule has 0 aliphatic carbocycles. The Morgan fingerprint density at radius 2 is 2.33 bits per heavy atom. The normalized spacial score (nSPS) is 7.22. The van der Waals surface area contributed by atoms with Crippen LogP contribution in [-0.4, -0.2) is 11.9 Å². The first kappa shape index (κ1) is 7.66. The van der Waals surface area contributed by atoms with Crippen LogP contribution in [0.25, 0.3) is 0 Å². The summed E-state index contributed by atoms with van der Waals surface area (Å²) in [5.74, 6) is 0.680. The highest BCUT2D eigenvalue weighted by molar-refractivity contribution is 5.82. The molecular weight excluding hydrogens is 120 g/mol. The molecule has 0 aromatic heterocycles. The molecule has 0 unspecified atom stereocenters. The van der Waals surface area contributed by atoms with Crippen molar-refractivity contribution in [3.05, 3.63) is 18.4 Å². The summed E-state index contributed by atoms with van der Waals surface area (Å²) in [6.45, 7) is 4.47. The van der Waals surface area contributed by atoms with E-state index in [9.17, 15) is 9.59 Å². The average Bonchev–Trinajstić information content (AvgIpc) is 1.87. The van der Waals surface area contributed by atoms with Crippen LogP contribution < -0.4 is 0 Å². The Labute approximate surface area is 52.6 Å². The van der Waals surface area contributed by atoms with Gasteiger partial charge in [-0.25, -0.2) is 9.59 Å². The van der Waals surface area contributed by atoms with E-state index in [0.717, 1.165) is 6.08 Å². The maximum atomic E-state index is 10.2. The third-order valence-corrected chi connectivity index (χ3v) is 0.564. The molecule has 48 valence electrons. The third-order valence-electron chi connectivity index (χ3n) is 0.564. The second-order valence-electron chi connectivity index (χ2n) is 1.28. The fourth-order valence-electron chi connectivity index (χ4n) is 0.213. The van der Waals surface area contributed by atoms with Gasteiger partial charge in [-0.2, -0.15) is 0 Å². The molecule has 0 aromatic carbocycles. The van der Waals surface area contributed by atoms with Crippen molar-refractivity contribution in [1.82, 2.24) is 0 Å². The molecule has 0 bridgehead atoms. The molecule has 0 heterocycles. The smallest absolute Gasteiger partial charge is 0.335 e. The van der Waals surface area contributed by atoms with Crippen molar-refractivity contribution < 1.29 is 14.3 Å². The van der Waals surface area contributed by atoms with Gasteiger partial charge in [0.25, 0.3) is 0 Å². The van der Waals surface area contributed by atoms with E-state index in [1.807, 2.05) is 0 Å². The summed E-state index contributed by atoms with van der Waals surface area (Å²) in [5.41, 5.74) is 0. The van der Waals surface area contributed by atoms with Crippen LogP contribution in [0.3, 0.4) is 0 Å². The fourth-order valence-corrected chi connectivity index (χ4v) is 0.213.